The van der Waals surface area contributed by atoms with Crippen LogP contribution in [0.15, 0.2) is 59.5 Å². The number of para-hydroxylation sites is 1. The molecule has 0 saturated heterocycles. The summed E-state index contributed by atoms with van der Waals surface area (Å²) in [5.74, 6) is -0.552. The molecule has 3 rings (SSSR count). The average molecular weight is 339 g/mol. The van der Waals surface area contributed by atoms with E-state index in [4.69, 9.17) is 0 Å². The van der Waals surface area contributed by atoms with E-state index in [2.05, 4.69) is 10.4 Å². The quantitative estimate of drug-likeness (QED) is 0.777. The van der Waals surface area contributed by atoms with Crippen molar-refractivity contribution in [2.45, 2.75) is 25.9 Å². The van der Waals surface area contributed by atoms with Crippen LogP contribution in [0.3, 0.4) is 0 Å². The standard InChI is InChI=1S/C19H18FN3O2/c1-13(14-6-2-4-8-16(14)20)22-19(25)10-11-23-17-9-5-3-7-15(17)18(24)12-21-23/h2-9,12-13H,10-11H2,1H3,(H,22,25). The molecule has 25 heavy (non-hydrogen) atoms. The lowest BCUT2D eigenvalue weighted by molar-refractivity contribution is -0.122. The third-order valence-corrected chi connectivity index (χ3v) is 4.06. The van der Waals surface area contributed by atoms with Gasteiger partial charge in [-0.1, -0.05) is 30.3 Å². The number of carbonyl (C=O) groups is 1. The van der Waals surface area contributed by atoms with Gasteiger partial charge in [-0.25, -0.2) is 4.39 Å². The second kappa shape index (κ2) is 7.25. The van der Waals surface area contributed by atoms with Gasteiger partial charge in [-0.05, 0) is 25.1 Å². The van der Waals surface area contributed by atoms with Gasteiger partial charge in [-0.15, -0.1) is 0 Å². The van der Waals surface area contributed by atoms with E-state index in [1.807, 2.05) is 6.07 Å². The fourth-order valence-electron chi connectivity index (χ4n) is 2.76. The summed E-state index contributed by atoms with van der Waals surface area (Å²) >= 11 is 0. The first-order valence-corrected chi connectivity index (χ1v) is 8.05. The number of aryl methyl sites for hydroxylation is 1. The molecule has 1 unspecified atom stereocenters. The summed E-state index contributed by atoms with van der Waals surface area (Å²) in [5.41, 5.74) is 0.984. The highest BCUT2D eigenvalue weighted by Gasteiger charge is 2.13. The first kappa shape index (κ1) is 16.8. The minimum Gasteiger partial charge on any atom is -0.349 e. The topological polar surface area (TPSA) is 64.0 Å². The maximum Gasteiger partial charge on any atom is 0.222 e. The van der Waals surface area contributed by atoms with Gasteiger partial charge in [0.15, 0.2) is 0 Å². The normalized spacial score (nSPS) is 12.1. The van der Waals surface area contributed by atoms with Crippen molar-refractivity contribution in [2.75, 3.05) is 0 Å². The number of fused-ring (bicyclic) bond motifs is 1. The van der Waals surface area contributed by atoms with Crippen LogP contribution in [0.25, 0.3) is 10.9 Å². The zero-order valence-electron chi connectivity index (χ0n) is 13.8. The van der Waals surface area contributed by atoms with Gasteiger partial charge in [0.2, 0.25) is 11.3 Å². The molecule has 0 aliphatic heterocycles. The fraction of sp³-hybridized carbons (Fsp3) is 0.211. The highest BCUT2D eigenvalue weighted by molar-refractivity contribution is 5.79. The summed E-state index contributed by atoms with van der Waals surface area (Å²) in [6, 6.07) is 13.1. The van der Waals surface area contributed by atoms with Crippen LogP contribution in [0.4, 0.5) is 4.39 Å². The first-order valence-electron chi connectivity index (χ1n) is 8.05. The molecule has 0 aliphatic rings. The molecule has 1 heterocycles. The van der Waals surface area contributed by atoms with Gasteiger partial charge in [0.05, 0.1) is 24.3 Å². The van der Waals surface area contributed by atoms with Crippen molar-refractivity contribution in [1.82, 2.24) is 15.1 Å². The number of aromatic nitrogens is 2. The minimum absolute atomic E-state index is 0.149. The highest BCUT2D eigenvalue weighted by atomic mass is 19.1. The smallest absolute Gasteiger partial charge is 0.222 e. The molecule has 5 nitrogen and oxygen atoms in total. The molecule has 2 aromatic carbocycles. The molecule has 0 bridgehead atoms. The van der Waals surface area contributed by atoms with Gasteiger partial charge in [-0.3, -0.25) is 14.3 Å². The lowest BCUT2D eigenvalue weighted by Crippen LogP contribution is -2.28. The van der Waals surface area contributed by atoms with Crippen molar-refractivity contribution in [2.24, 2.45) is 0 Å². The van der Waals surface area contributed by atoms with Crippen LogP contribution in [-0.4, -0.2) is 15.7 Å². The highest BCUT2D eigenvalue weighted by Crippen LogP contribution is 2.16. The van der Waals surface area contributed by atoms with Crippen molar-refractivity contribution in [1.29, 1.82) is 0 Å². The number of carbonyl (C=O) groups excluding carboxylic acids is 1. The molecule has 1 N–H and O–H groups in total. The predicted molar refractivity (Wildman–Crippen MR) is 93.6 cm³/mol. The Bertz CT molecular complexity index is 968. The van der Waals surface area contributed by atoms with E-state index in [1.54, 1.807) is 48.0 Å². The maximum atomic E-state index is 13.8. The average Bonchev–Trinajstić information content (AvgIpc) is 2.61. The van der Waals surface area contributed by atoms with E-state index in [-0.39, 0.29) is 23.6 Å². The predicted octanol–water partition coefficient (Wildman–Crippen LogP) is 2.80. The van der Waals surface area contributed by atoms with Crippen molar-refractivity contribution in [3.63, 3.8) is 0 Å². The molecule has 1 amide bonds. The summed E-state index contributed by atoms with van der Waals surface area (Å²) in [7, 11) is 0. The fourth-order valence-corrected chi connectivity index (χ4v) is 2.76. The van der Waals surface area contributed by atoms with Crippen LogP contribution in [0, 0.1) is 5.82 Å². The third kappa shape index (κ3) is 3.74. The molecule has 0 fully saturated rings. The van der Waals surface area contributed by atoms with E-state index in [1.165, 1.54) is 12.3 Å². The van der Waals surface area contributed by atoms with Crippen molar-refractivity contribution in [3.05, 3.63) is 76.3 Å². The van der Waals surface area contributed by atoms with E-state index < -0.39 is 6.04 Å². The summed E-state index contributed by atoms with van der Waals surface area (Å²) in [6.07, 6.45) is 1.43. The van der Waals surface area contributed by atoms with Crippen LogP contribution in [0.2, 0.25) is 0 Å². The maximum absolute atomic E-state index is 13.8. The molecule has 1 aromatic heterocycles. The van der Waals surface area contributed by atoms with Gasteiger partial charge in [-0.2, -0.15) is 5.10 Å². The largest absolute Gasteiger partial charge is 0.349 e. The Hall–Kier alpha value is -3.02. The Morgan fingerprint density at radius 1 is 1.20 bits per heavy atom. The Morgan fingerprint density at radius 2 is 1.92 bits per heavy atom. The monoisotopic (exact) mass is 339 g/mol. The van der Waals surface area contributed by atoms with E-state index in [0.29, 0.717) is 23.0 Å². The van der Waals surface area contributed by atoms with Gasteiger partial charge in [0, 0.05) is 17.4 Å². The number of rotatable bonds is 5. The molecule has 6 heteroatoms. The molecule has 0 saturated carbocycles. The molecular weight excluding hydrogens is 321 g/mol. The van der Waals surface area contributed by atoms with E-state index >= 15 is 0 Å². The Balaban J connectivity index is 1.68. The number of nitrogens with zero attached hydrogens (tertiary/aromatic N) is 2. The minimum atomic E-state index is -0.424. The zero-order valence-corrected chi connectivity index (χ0v) is 13.8. The second-order valence-electron chi connectivity index (χ2n) is 5.81. The second-order valence-corrected chi connectivity index (χ2v) is 5.81. The Labute approximate surface area is 144 Å². The lowest BCUT2D eigenvalue weighted by atomic mass is 10.1. The SMILES string of the molecule is CC(NC(=O)CCn1ncc(=O)c2ccccc21)c1ccccc1F. The number of hydrogen-bond donors (Lipinski definition) is 1. The van der Waals surface area contributed by atoms with Gasteiger partial charge >= 0.3 is 0 Å². The molecule has 128 valence electrons. The Morgan fingerprint density at radius 3 is 2.72 bits per heavy atom. The van der Waals surface area contributed by atoms with Crippen molar-refractivity contribution < 1.29 is 9.18 Å². The Kier molecular flexibility index (Phi) is 4.88. The molecule has 1 atom stereocenters. The van der Waals surface area contributed by atoms with Crippen LogP contribution < -0.4 is 10.7 Å². The first-order chi connectivity index (χ1) is 12.1. The summed E-state index contributed by atoms with van der Waals surface area (Å²) in [5, 5.41) is 7.45. The van der Waals surface area contributed by atoms with Gasteiger partial charge in [0.1, 0.15) is 5.82 Å². The molecule has 3 aromatic rings. The third-order valence-electron chi connectivity index (χ3n) is 4.06. The lowest BCUT2D eigenvalue weighted by Gasteiger charge is -2.15. The molecule has 0 spiro atoms. The molecule has 0 aliphatic carbocycles. The number of nitrogens with one attached hydrogen (secondary N) is 1. The summed E-state index contributed by atoms with van der Waals surface area (Å²) in [4.78, 5) is 24.0. The number of hydrogen-bond acceptors (Lipinski definition) is 3. The van der Waals surface area contributed by atoms with E-state index in [9.17, 15) is 14.0 Å². The van der Waals surface area contributed by atoms with Crippen LogP contribution in [-0.2, 0) is 11.3 Å². The number of amides is 1. The van der Waals surface area contributed by atoms with Crippen molar-refractivity contribution in [3.8, 4) is 0 Å². The van der Waals surface area contributed by atoms with Crippen LogP contribution in [0.5, 0.6) is 0 Å². The van der Waals surface area contributed by atoms with Crippen LogP contribution in [0.1, 0.15) is 24.9 Å². The summed E-state index contributed by atoms with van der Waals surface area (Å²) < 4.78 is 15.4. The summed E-state index contributed by atoms with van der Waals surface area (Å²) in [6.45, 7) is 2.07. The number of benzene rings is 2. The van der Waals surface area contributed by atoms with E-state index in [0.717, 1.165) is 0 Å². The number of halogens is 1. The molecule has 0 radical (unpaired) electrons. The molecular formula is C19H18FN3O2. The van der Waals surface area contributed by atoms with Gasteiger partial charge < -0.3 is 5.32 Å². The van der Waals surface area contributed by atoms with Crippen molar-refractivity contribution >= 4 is 16.8 Å². The van der Waals surface area contributed by atoms with Gasteiger partial charge in [0.25, 0.3) is 0 Å². The van der Waals surface area contributed by atoms with Crippen LogP contribution >= 0.6 is 0 Å². The zero-order chi connectivity index (χ0) is 17.8.